The summed E-state index contributed by atoms with van der Waals surface area (Å²) in [4.78, 5) is 18.0. The smallest absolute Gasteiger partial charge is 0.225 e. The Morgan fingerprint density at radius 2 is 1.96 bits per heavy atom. The van der Waals surface area contributed by atoms with Crippen molar-refractivity contribution in [2.45, 2.75) is 13.3 Å². The summed E-state index contributed by atoms with van der Waals surface area (Å²) in [6, 6.07) is 1.85. The van der Waals surface area contributed by atoms with Crippen LogP contribution in [0.25, 0.3) is 0 Å². The Kier molecular flexibility index (Phi) is 5.81. The molecule has 1 aliphatic heterocycles. The molecular formula is C17H26N8. The van der Waals surface area contributed by atoms with E-state index in [1.54, 1.807) is 12.4 Å². The van der Waals surface area contributed by atoms with Crippen molar-refractivity contribution in [3.8, 4) is 0 Å². The van der Waals surface area contributed by atoms with Gasteiger partial charge in [-0.05, 0) is 25.0 Å². The van der Waals surface area contributed by atoms with Crippen molar-refractivity contribution < 1.29 is 0 Å². The molecule has 0 saturated carbocycles. The van der Waals surface area contributed by atoms with Gasteiger partial charge in [-0.25, -0.2) is 9.97 Å². The van der Waals surface area contributed by atoms with E-state index in [0.717, 1.165) is 57.6 Å². The van der Waals surface area contributed by atoms with Gasteiger partial charge in [0.15, 0.2) is 5.96 Å². The highest BCUT2D eigenvalue weighted by molar-refractivity contribution is 5.80. The molecule has 1 N–H and O–H groups in total. The average Bonchev–Trinajstić information content (AvgIpc) is 3.07. The molecule has 0 aromatic carbocycles. The first-order chi connectivity index (χ1) is 12.3. The van der Waals surface area contributed by atoms with E-state index >= 15 is 0 Å². The standard InChI is InChI=1S/C17H26N8/c1-3-18-16(21-8-5-15-13-22-23(2)14-15)24-9-11-25(12-10-24)17-19-6-4-7-20-17/h4,6-7,13-14H,3,5,8-12H2,1-2H3,(H,18,21). The minimum atomic E-state index is 0.760. The van der Waals surface area contributed by atoms with E-state index in [1.807, 2.05) is 30.2 Å². The van der Waals surface area contributed by atoms with Gasteiger partial charge in [-0.2, -0.15) is 5.10 Å². The molecule has 0 spiro atoms. The fourth-order valence-electron chi connectivity index (χ4n) is 2.89. The SMILES string of the molecule is CCNC(=NCCc1cnn(C)c1)N1CCN(c2ncccn2)CC1. The van der Waals surface area contributed by atoms with Crippen LogP contribution in [0.2, 0.25) is 0 Å². The number of aromatic nitrogens is 4. The maximum absolute atomic E-state index is 4.78. The van der Waals surface area contributed by atoms with Crippen molar-refractivity contribution in [1.29, 1.82) is 0 Å². The summed E-state index contributed by atoms with van der Waals surface area (Å²) < 4.78 is 1.83. The van der Waals surface area contributed by atoms with Gasteiger partial charge in [0.05, 0.1) is 6.20 Å². The largest absolute Gasteiger partial charge is 0.357 e. The van der Waals surface area contributed by atoms with Crippen LogP contribution in [0.4, 0.5) is 5.95 Å². The van der Waals surface area contributed by atoms with Crippen molar-refractivity contribution in [3.63, 3.8) is 0 Å². The van der Waals surface area contributed by atoms with E-state index in [4.69, 9.17) is 4.99 Å². The zero-order valence-corrected chi connectivity index (χ0v) is 15.0. The summed E-state index contributed by atoms with van der Waals surface area (Å²) in [5, 5.41) is 7.61. The number of aryl methyl sites for hydroxylation is 1. The van der Waals surface area contributed by atoms with Gasteiger partial charge in [-0.3, -0.25) is 9.67 Å². The Morgan fingerprint density at radius 1 is 1.20 bits per heavy atom. The highest BCUT2D eigenvalue weighted by atomic mass is 15.4. The van der Waals surface area contributed by atoms with Crippen LogP contribution >= 0.6 is 0 Å². The molecule has 8 heteroatoms. The zero-order chi connectivity index (χ0) is 17.5. The summed E-state index contributed by atoms with van der Waals surface area (Å²) >= 11 is 0. The van der Waals surface area contributed by atoms with Crippen molar-refractivity contribution >= 4 is 11.9 Å². The third kappa shape index (κ3) is 4.68. The lowest BCUT2D eigenvalue weighted by molar-refractivity contribution is 0.370. The molecule has 0 amide bonds. The maximum atomic E-state index is 4.78. The van der Waals surface area contributed by atoms with Crippen LogP contribution in [0.15, 0.2) is 35.8 Å². The molecule has 134 valence electrons. The molecule has 25 heavy (non-hydrogen) atoms. The molecule has 3 heterocycles. The predicted molar refractivity (Wildman–Crippen MR) is 98.7 cm³/mol. The maximum Gasteiger partial charge on any atom is 0.225 e. The van der Waals surface area contributed by atoms with Crippen LogP contribution in [0.5, 0.6) is 0 Å². The lowest BCUT2D eigenvalue weighted by atomic mass is 10.2. The molecular weight excluding hydrogens is 316 g/mol. The van der Waals surface area contributed by atoms with Gasteiger partial charge in [-0.15, -0.1) is 0 Å². The first-order valence-electron chi connectivity index (χ1n) is 8.79. The molecule has 2 aromatic heterocycles. The molecule has 0 unspecified atom stereocenters. The van der Waals surface area contributed by atoms with Gasteiger partial charge < -0.3 is 15.1 Å². The quantitative estimate of drug-likeness (QED) is 0.631. The van der Waals surface area contributed by atoms with Crippen LogP contribution in [0.3, 0.4) is 0 Å². The van der Waals surface area contributed by atoms with E-state index in [9.17, 15) is 0 Å². The van der Waals surface area contributed by atoms with Crippen LogP contribution in [0, 0.1) is 0 Å². The second-order valence-electron chi connectivity index (χ2n) is 6.03. The number of guanidine groups is 1. The number of hydrogen-bond acceptors (Lipinski definition) is 5. The summed E-state index contributed by atoms with van der Waals surface area (Å²) in [5.74, 6) is 1.79. The van der Waals surface area contributed by atoms with Crippen molar-refractivity contribution in [2.24, 2.45) is 12.0 Å². The Hall–Kier alpha value is -2.64. The van der Waals surface area contributed by atoms with Crippen molar-refractivity contribution in [1.82, 2.24) is 30.0 Å². The molecule has 0 atom stereocenters. The first-order valence-corrected chi connectivity index (χ1v) is 8.79. The van der Waals surface area contributed by atoms with Gasteiger partial charge in [0.1, 0.15) is 0 Å². The number of piperazine rings is 1. The second-order valence-corrected chi connectivity index (χ2v) is 6.03. The average molecular weight is 342 g/mol. The van der Waals surface area contributed by atoms with Crippen LogP contribution in [-0.2, 0) is 13.5 Å². The third-order valence-electron chi connectivity index (χ3n) is 4.17. The van der Waals surface area contributed by atoms with Gasteiger partial charge in [-0.1, -0.05) is 0 Å². The molecule has 3 rings (SSSR count). The second kappa shape index (κ2) is 8.46. The molecule has 0 aliphatic carbocycles. The lowest BCUT2D eigenvalue weighted by Crippen LogP contribution is -2.53. The molecule has 8 nitrogen and oxygen atoms in total. The predicted octanol–water partition coefficient (Wildman–Crippen LogP) is 0.540. The van der Waals surface area contributed by atoms with Crippen molar-refractivity contribution in [2.75, 3.05) is 44.2 Å². The van der Waals surface area contributed by atoms with Crippen LogP contribution in [-0.4, -0.2) is 69.9 Å². The lowest BCUT2D eigenvalue weighted by Gasteiger charge is -2.36. The summed E-state index contributed by atoms with van der Waals surface area (Å²) in [5.41, 5.74) is 1.22. The zero-order valence-electron chi connectivity index (χ0n) is 15.0. The van der Waals surface area contributed by atoms with E-state index in [2.05, 4.69) is 37.1 Å². The van der Waals surface area contributed by atoms with Crippen LogP contribution in [0.1, 0.15) is 12.5 Å². The van der Waals surface area contributed by atoms with E-state index < -0.39 is 0 Å². The summed E-state index contributed by atoms with van der Waals surface area (Å²) in [7, 11) is 1.94. The number of nitrogens with one attached hydrogen (secondary N) is 1. The number of hydrogen-bond donors (Lipinski definition) is 1. The summed E-state index contributed by atoms with van der Waals surface area (Å²) in [6.07, 6.45) is 8.43. The number of nitrogens with zero attached hydrogens (tertiary/aromatic N) is 7. The monoisotopic (exact) mass is 342 g/mol. The minimum Gasteiger partial charge on any atom is -0.357 e. The topological polar surface area (TPSA) is 74.5 Å². The Balaban J connectivity index is 1.55. The van der Waals surface area contributed by atoms with E-state index in [-0.39, 0.29) is 0 Å². The normalized spacial score (nSPS) is 15.5. The molecule has 1 saturated heterocycles. The van der Waals surface area contributed by atoms with E-state index in [1.165, 1.54) is 5.56 Å². The fraction of sp³-hybridized carbons (Fsp3) is 0.529. The molecule has 0 bridgehead atoms. The van der Waals surface area contributed by atoms with Gasteiger partial charge in [0.25, 0.3) is 0 Å². The van der Waals surface area contributed by atoms with Crippen LogP contribution < -0.4 is 10.2 Å². The Labute approximate surface area is 148 Å². The Bertz CT molecular complexity index is 673. The number of anilines is 1. The fourth-order valence-corrected chi connectivity index (χ4v) is 2.89. The molecule has 2 aromatic rings. The van der Waals surface area contributed by atoms with Gasteiger partial charge in [0, 0.05) is 64.9 Å². The highest BCUT2D eigenvalue weighted by Crippen LogP contribution is 2.10. The third-order valence-corrected chi connectivity index (χ3v) is 4.17. The Morgan fingerprint density at radius 3 is 2.60 bits per heavy atom. The summed E-state index contributed by atoms with van der Waals surface area (Å²) in [6.45, 7) is 7.36. The molecule has 1 fully saturated rings. The van der Waals surface area contributed by atoms with Gasteiger partial charge >= 0.3 is 0 Å². The first kappa shape index (κ1) is 17.2. The van der Waals surface area contributed by atoms with Gasteiger partial charge in [0.2, 0.25) is 5.95 Å². The molecule has 0 radical (unpaired) electrons. The van der Waals surface area contributed by atoms with E-state index in [0.29, 0.717) is 0 Å². The van der Waals surface area contributed by atoms with Crippen molar-refractivity contribution in [3.05, 3.63) is 36.4 Å². The molecule has 1 aliphatic rings. The minimum absolute atomic E-state index is 0.760. The highest BCUT2D eigenvalue weighted by Gasteiger charge is 2.20. The number of aliphatic imine (C=N–C) groups is 1. The number of rotatable bonds is 5.